The van der Waals surface area contributed by atoms with Crippen molar-refractivity contribution in [3.8, 4) is 11.5 Å². The van der Waals surface area contributed by atoms with Gasteiger partial charge in [0.1, 0.15) is 19.3 Å². The third kappa shape index (κ3) is 3.03. The van der Waals surface area contributed by atoms with E-state index in [4.69, 9.17) is 14.2 Å². The van der Waals surface area contributed by atoms with Crippen molar-refractivity contribution in [1.82, 2.24) is 5.32 Å². The number of hydrogen-bond acceptors (Lipinski definition) is 6. The summed E-state index contributed by atoms with van der Waals surface area (Å²) in [6.45, 7) is 1.06. The molecule has 21 heavy (non-hydrogen) atoms. The minimum absolute atomic E-state index is 0.167. The fourth-order valence-corrected chi connectivity index (χ4v) is 3.93. The van der Waals surface area contributed by atoms with Crippen LogP contribution in [0.1, 0.15) is 11.6 Å². The Hall–Kier alpha value is -1.60. The lowest BCUT2D eigenvalue weighted by Gasteiger charge is -2.30. The van der Waals surface area contributed by atoms with Crippen molar-refractivity contribution >= 4 is 16.8 Å². The standard InChI is InChI=1S/C14H17NO5S/c1-18-14(16)11-8-21(17)7-10(15-11)9-2-3-12-13(6-9)20-5-4-19-12/h2-3,6,10-11,15H,4-5,7-8H2,1H3. The van der Waals surface area contributed by atoms with E-state index in [2.05, 4.69) is 5.32 Å². The van der Waals surface area contributed by atoms with E-state index in [1.54, 1.807) is 0 Å². The van der Waals surface area contributed by atoms with Crippen molar-refractivity contribution in [2.45, 2.75) is 12.1 Å². The van der Waals surface area contributed by atoms with Crippen LogP contribution in [0.2, 0.25) is 0 Å². The third-order valence-electron chi connectivity index (χ3n) is 3.56. The first-order valence-electron chi connectivity index (χ1n) is 6.76. The largest absolute Gasteiger partial charge is 0.486 e. The fourth-order valence-electron chi connectivity index (χ4n) is 2.53. The summed E-state index contributed by atoms with van der Waals surface area (Å²) in [5, 5.41) is 3.19. The van der Waals surface area contributed by atoms with Crippen molar-refractivity contribution in [2.75, 3.05) is 31.8 Å². The number of benzene rings is 1. The molecule has 3 atom stereocenters. The van der Waals surface area contributed by atoms with Crippen LogP contribution in [0.5, 0.6) is 11.5 Å². The summed E-state index contributed by atoms with van der Waals surface area (Å²) in [5.74, 6) is 1.77. The van der Waals surface area contributed by atoms with Gasteiger partial charge in [-0.05, 0) is 17.7 Å². The summed E-state index contributed by atoms with van der Waals surface area (Å²) in [4.78, 5) is 11.7. The van der Waals surface area contributed by atoms with Crippen LogP contribution in [-0.2, 0) is 20.3 Å². The number of hydrogen-bond donors (Lipinski definition) is 1. The van der Waals surface area contributed by atoms with E-state index in [0.29, 0.717) is 30.5 Å². The van der Waals surface area contributed by atoms with Gasteiger partial charge in [-0.1, -0.05) is 6.07 Å². The summed E-state index contributed by atoms with van der Waals surface area (Å²) in [6, 6.07) is 4.92. The van der Waals surface area contributed by atoms with E-state index in [1.807, 2.05) is 18.2 Å². The van der Waals surface area contributed by atoms with Crippen LogP contribution in [0.15, 0.2) is 18.2 Å². The number of carbonyl (C=O) groups excluding carboxylic acids is 1. The van der Waals surface area contributed by atoms with Crippen LogP contribution in [-0.4, -0.2) is 48.0 Å². The number of fused-ring (bicyclic) bond motifs is 1. The molecule has 0 saturated carbocycles. The molecule has 0 aliphatic carbocycles. The number of carbonyl (C=O) groups is 1. The third-order valence-corrected chi connectivity index (χ3v) is 4.97. The van der Waals surface area contributed by atoms with Gasteiger partial charge in [0.15, 0.2) is 11.5 Å². The first-order chi connectivity index (χ1) is 10.2. The predicted molar refractivity (Wildman–Crippen MR) is 77.0 cm³/mol. The van der Waals surface area contributed by atoms with Gasteiger partial charge in [-0.15, -0.1) is 0 Å². The molecule has 6 nitrogen and oxygen atoms in total. The zero-order valence-corrected chi connectivity index (χ0v) is 12.5. The number of esters is 1. The van der Waals surface area contributed by atoms with Crippen LogP contribution in [0, 0.1) is 0 Å². The molecule has 0 spiro atoms. The molecule has 114 valence electrons. The Morgan fingerprint density at radius 1 is 1.29 bits per heavy atom. The molecule has 1 N–H and O–H groups in total. The SMILES string of the molecule is COC(=O)C1CS(=O)CC(c2ccc3c(c2)OCCO3)N1. The summed E-state index contributed by atoms with van der Waals surface area (Å²) >= 11 is 0. The molecular weight excluding hydrogens is 294 g/mol. The van der Waals surface area contributed by atoms with Crippen LogP contribution in [0.3, 0.4) is 0 Å². The normalized spacial score (nSPS) is 28.0. The van der Waals surface area contributed by atoms with Crippen molar-refractivity contribution in [3.63, 3.8) is 0 Å². The van der Waals surface area contributed by atoms with Gasteiger partial charge in [-0.3, -0.25) is 14.3 Å². The lowest BCUT2D eigenvalue weighted by molar-refractivity contribution is -0.142. The number of nitrogens with one attached hydrogen (secondary N) is 1. The highest BCUT2D eigenvalue weighted by molar-refractivity contribution is 7.85. The molecule has 2 aliphatic rings. The molecule has 0 amide bonds. The highest BCUT2D eigenvalue weighted by atomic mass is 32.2. The van der Waals surface area contributed by atoms with Crippen LogP contribution in [0.25, 0.3) is 0 Å². The number of ether oxygens (including phenoxy) is 3. The second kappa shape index (κ2) is 6.03. The van der Waals surface area contributed by atoms with Crippen LogP contribution >= 0.6 is 0 Å². The van der Waals surface area contributed by atoms with Crippen molar-refractivity contribution in [2.24, 2.45) is 0 Å². The minimum atomic E-state index is -1.06. The molecule has 3 unspecified atom stereocenters. The maximum absolute atomic E-state index is 12.0. The van der Waals surface area contributed by atoms with E-state index in [-0.39, 0.29) is 17.8 Å². The summed E-state index contributed by atoms with van der Waals surface area (Å²) in [6.07, 6.45) is 0. The maximum atomic E-state index is 12.0. The summed E-state index contributed by atoms with van der Waals surface area (Å²) in [7, 11) is 0.274. The van der Waals surface area contributed by atoms with Gasteiger partial charge in [-0.2, -0.15) is 0 Å². The monoisotopic (exact) mass is 311 g/mol. The first kappa shape index (κ1) is 14.3. The number of methoxy groups -OCH3 is 1. The quantitative estimate of drug-likeness (QED) is 0.797. The van der Waals surface area contributed by atoms with E-state index in [1.165, 1.54) is 7.11 Å². The molecule has 1 aromatic rings. The Kier molecular flexibility index (Phi) is 4.12. The predicted octanol–water partition coefficient (Wildman–Crippen LogP) is 0.392. The summed E-state index contributed by atoms with van der Waals surface area (Å²) < 4.78 is 27.7. The first-order valence-corrected chi connectivity index (χ1v) is 8.24. The highest BCUT2D eigenvalue weighted by Crippen LogP contribution is 2.33. The molecule has 1 saturated heterocycles. The molecule has 1 fully saturated rings. The van der Waals surface area contributed by atoms with Crippen LogP contribution in [0.4, 0.5) is 0 Å². The molecular formula is C14H17NO5S. The molecule has 2 aliphatic heterocycles. The zero-order valence-electron chi connectivity index (χ0n) is 11.7. The molecule has 0 aromatic heterocycles. The fraction of sp³-hybridized carbons (Fsp3) is 0.500. The Balaban J connectivity index is 1.82. The van der Waals surface area contributed by atoms with Gasteiger partial charge in [-0.25, -0.2) is 0 Å². The van der Waals surface area contributed by atoms with E-state index in [0.717, 1.165) is 5.56 Å². The smallest absolute Gasteiger partial charge is 0.323 e. The van der Waals surface area contributed by atoms with Crippen LogP contribution < -0.4 is 14.8 Å². The molecule has 3 rings (SSSR count). The number of rotatable bonds is 2. The van der Waals surface area contributed by atoms with Crippen molar-refractivity contribution in [1.29, 1.82) is 0 Å². The highest BCUT2D eigenvalue weighted by Gasteiger charge is 2.32. The molecule has 0 radical (unpaired) electrons. The molecule has 2 heterocycles. The van der Waals surface area contributed by atoms with Crippen molar-refractivity contribution in [3.05, 3.63) is 23.8 Å². The second-order valence-electron chi connectivity index (χ2n) is 4.97. The zero-order chi connectivity index (χ0) is 14.8. The van der Waals surface area contributed by atoms with Gasteiger partial charge < -0.3 is 14.2 Å². The Morgan fingerprint density at radius 2 is 2.05 bits per heavy atom. The average molecular weight is 311 g/mol. The second-order valence-corrected chi connectivity index (χ2v) is 6.52. The van der Waals surface area contributed by atoms with Gasteiger partial charge >= 0.3 is 5.97 Å². The Bertz CT molecular complexity index is 576. The summed E-state index contributed by atoms with van der Waals surface area (Å²) in [5.41, 5.74) is 0.932. The van der Waals surface area contributed by atoms with Crippen molar-refractivity contribution < 1.29 is 23.2 Å². The van der Waals surface area contributed by atoms with E-state index < -0.39 is 16.8 Å². The van der Waals surface area contributed by atoms with Gasteiger partial charge in [0, 0.05) is 28.3 Å². The average Bonchev–Trinajstić information content (AvgIpc) is 2.53. The Labute approximate surface area is 125 Å². The lowest BCUT2D eigenvalue weighted by Crippen LogP contribution is -2.49. The van der Waals surface area contributed by atoms with Gasteiger partial charge in [0.2, 0.25) is 0 Å². The Morgan fingerprint density at radius 3 is 2.81 bits per heavy atom. The topological polar surface area (TPSA) is 73.9 Å². The molecule has 0 bridgehead atoms. The minimum Gasteiger partial charge on any atom is -0.486 e. The van der Waals surface area contributed by atoms with E-state index in [9.17, 15) is 9.00 Å². The maximum Gasteiger partial charge on any atom is 0.323 e. The molecule has 1 aromatic carbocycles. The lowest BCUT2D eigenvalue weighted by atomic mass is 10.1. The van der Waals surface area contributed by atoms with Gasteiger partial charge in [0.05, 0.1) is 7.11 Å². The van der Waals surface area contributed by atoms with E-state index >= 15 is 0 Å². The molecule has 7 heteroatoms. The van der Waals surface area contributed by atoms with Gasteiger partial charge in [0.25, 0.3) is 0 Å².